The SMILES string of the molecule is CC(=O)OC1CCC(Br)CC1. The number of hydrogen-bond acceptors (Lipinski definition) is 2. The molecule has 3 heteroatoms. The molecule has 0 saturated heterocycles. The van der Waals surface area contributed by atoms with Gasteiger partial charge in [-0.2, -0.15) is 0 Å². The van der Waals surface area contributed by atoms with Crippen molar-refractivity contribution >= 4 is 21.9 Å². The highest BCUT2D eigenvalue weighted by Crippen LogP contribution is 2.25. The zero-order valence-electron chi connectivity index (χ0n) is 6.68. The highest BCUT2D eigenvalue weighted by atomic mass is 79.9. The van der Waals surface area contributed by atoms with Crippen molar-refractivity contribution < 1.29 is 9.53 Å². The monoisotopic (exact) mass is 220 g/mol. The highest BCUT2D eigenvalue weighted by molar-refractivity contribution is 9.09. The quantitative estimate of drug-likeness (QED) is 0.501. The predicted octanol–water partition coefficient (Wildman–Crippen LogP) is 2.26. The van der Waals surface area contributed by atoms with Crippen LogP contribution in [0.2, 0.25) is 0 Å². The van der Waals surface area contributed by atoms with Crippen LogP contribution in [0.4, 0.5) is 0 Å². The Morgan fingerprint density at radius 1 is 1.36 bits per heavy atom. The summed E-state index contributed by atoms with van der Waals surface area (Å²) in [5.41, 5.74) is 0. The number of carbonyl (C=O) groups excluding carboxylic acids is 1. The number of rotatable bonds is 1. The average Bonchev–Trinajstić information content (AvgIpc) is 1.93. The molecule has 0 radical (unpaired) electrons. The molecule has 1 aliphatic rings. The smallest absolute Gasteiger partial charge is 0.302 e. The van der Waals surface area contributed by atoms with E-state index >= 15 is 0 Å². The first-order chi connectivity index (χ1) is 5.18. The molecule has 0 spiro atoms. The standard InChI is InChI=1S/C8H13BrO2/c1-6(10)11-8-4-2-7(9)3-5-8/h7-8H,2-5H2,1H3. The fourth-order valence-electron chi connectivity index (χ4n) is 1.37. The molecule has 1 fully saturated rings. The molecule has 1 aliphatic carbocycles. The van der Waals surface area contributed by atoms with Gasteiger partial charge in [0.25, 0.3) is 0 Å². The molecule has 0 aliphatic heterocycles. The third-order valence-electron chi connectivity index (χ3n) is 1.94. The lowest BCUT2D eigenvalue weighted by Gasteiger charge is -2.24. The van der Waals surface area contributed by atoms with Gasteiger partial charge in [-0.1, -0.05) is 15.9 Å². The molecule has 0 aromatic heterocycles. The lowest BCUT2D eigenvalue weighted by Crippen LogP contribution is -2.23. The first-order valence-electron chi connectivity index (χ1n) is 4.00. The molecule has 64 valence electrons. The summed E-state index contributed by atoms with van der Waals surface area (Å²) in [5, 5.41) is 0. The van der Waals surface area contributed by atoms with E-state index in [-0.39, 0.29) is 12.1 Å². The maximum atomic E-state index is 10.6. The normalized spacial score (nSPS) is 31.5. The van der Waals surface area contributed by atoms with Crippen LogP contribution >= 0.6 is 15.9 Å². The summed E-state index contributed by atoms with van der Waals surface area (Å²) in [7, 11) is 0. The molecule has 1 rings (SSSR count). The van der Waals surface area contributed by atoms with Crippen LogP contribution in [-0.4, -0.2) is 16.9 Å². The van der Waals surface area contributed by atoms with E-state index in [1.807, 2.05) is 0 Å². The van der Waals surface area contributed by atoms with Crippen molar-refractivity contribution in [3.63, 3.8) is 0 Å². The molecule has 0 heterocycles. The van der Waals surface area contributed by atoms with Gasteiger partial charge in [-0.05, 0) is 25.7 Å². The second-order valence-corrected chi connectivity index (χ2v) is 4.28. The number of alkyl halides is 1. The van der Waals surface area contributed by atoms with E-state index in [9.17, 15) is 4.79 Å². The molecular formula is C8H13BrO2. The summed E-state index contributed by atoms with van der Waals surface area (Å²) in [6, 6.07) is 0. The van der Waals surface area contributed by atoms with E-state index in [1.165, 1.54) is 6.92 Å². The Hall–Kier alpha value is -0.0500. The third-order valence-corrected chi connectivity index (χ3v) is 2.85. The van der Waals surface area contributed by atoms with E-state index in [1.54, 1.807) is 0 Å². The summed E-state index contributed by atoms with van der Waals surface area (Å²) >= 11 is 3.54. The number of carbonyl (C=O) groups is 1. The number of hydrogen-bond donors (Lipinski definition) is 0. The summed E-state index contributed by atoms with van der Waals surface area (Å²) in [4.78, 5) is 11.2. The van der Waals surface area contributed by atoms with Crippen molar-refractivity contribution in [2.75, 3.05) is 0 Å². The second kappa shape index (κ2) is 4.10. The summed E-state index contributed by atoms with van der Waals surface area (Å²) in [6.45, 7) is 1.47. The third kappa shape index (κ3) is 3.23. The molecule has 11 heavy (non-hydrogen) atoms. The van der Waals surface area contributed by atoms with Gasteiger partial charge in [0, 0.05) is 11.8 Å². The van der Waals surface area contributed by atoms with Gasteiger partial charge < -0.3 is 4.74 Å². The minimum absolute atomic E-state index is 0.150. The van der Waals surface area contributed by atoms with Crippen molar-refractivity contribution in [3.05, 3.63) is 0 Å². The van der Waals surface area contributed by atoms with E-state index in [0.717, 1.165) is 25.7 Å². The van der Waals surface area contributed by atoms with Gasteiger partial charge in [-0.25, -0.2) is 0 Å². The highest BCUT2D eigenvalue weighted by Gasteiger charge is 2.20. The first kappa shape index (κ1) is 9.04. The van der Waals surface area contributed by atoms with Gasteiger partial charge in [-0.15, -0.1) is 0 Å². The summed E-state index contributed by atoms with van der Waals surface area (Å²) in [6.07, 6.45) is 4.45. The largest absolute Gasteiger partial charge is 0.463 e. The van der Waals surface area contributed by atoms with Crippen molar-refractivity contribution in [1.29, 1.82) is 0 Å². The minimum atomic E-state index is -0.150. The number of halogens is 1. The van der Waals surface area contributed by atoms with Crippen molar-refractivity contribution in [1.82, 2.24) is 0 Å². The average molecular weight is 221 g/mol. The predicted molar refractivity (Wildman–Crippen MR) is 46.7 cm³/mol. The molecule has 0 amide bonds. The molecule has 0 aromatic carbocycles. The van der Waals surface area contributed by atoms with E-state index in [0.29, 0.717) is 4.83 Å². The molecule has 2 nitrogen and oxygen atoms in total. The van der Waals surface area contributed by atoms with Crippen LogP contribution in [0.3, 0.4) is 0 Å². The summed E-state index contributed by atoms with van der Waals surface area (Å²) < 4.78 is 5.08. The van der Waals surface area contributed by atoms with Crippen LogP contribution in [-0.2, 0) is 9.53 Å². The van der Waals surface area contributed by atoms with Gasteiger partial charge in [0.05, 0.1) is 0 Å². The van der Waals surface area contributed by atoms with Gasteiger partial charge in [0.2, 0.25) is 0 Å². The topological polar surface area (TPSA) is 26.3 Å². The Kier molecular flexibility index (Phi) is 3.37. The summed E-state index contributed by atoms with van der Waals surface area (Å²) in [5.74, 6) is -0.150. The van der Waals surface area contributed by atoms with Crippen molar-refractivity contribution in [2.24, 2.45) is 0 Å². The van der Waals surface area contributed by atoms with Gasteiger partial charge in [0.15, 0.2) is 0 Å². The molecule has 0 atom stereocenters. The number of ether oxygens (including phenoxy) is 1. The number of esters is 1. The zero-order chi connectivity index (χ0) is 8.27. The van der Waals surface area contributed by atoms with Crippen LogP contribution in [0.5, 0.6) is 0 Å². The molecule has 1 saturated carbocycles. The molecule has 0 bridgehead atoms. The zero-order valence-corrected chi connectivity index (χ0v) is 8.26. The van der Waals surface area contributed by atoms with Gasteiger partial charge in [-0.3, -0.25) is 4.79 Å². The van der Waals surface area contributed by atoms with E-state index < -0.39 is 0 Å². The Balaban J connectivity index is 2.22. The molecule has 0 aromatic rings. The van der Waals surface area contributed by atoms with Crippen LogP contribution in [0.25, 0.3) is 0 Å². The van der Waals surface area contributed by atoms with Gasteiger partial charge in [0.1, 0.15) is 6.10 Å². The molecule has 0 unspecified atom stereocenters. The molecule has 0 N–H and O–H groups in total. The second-order valence-electron chi connectivity index (χ2n) is 2.98. The Bertz CT molecular complexity index is 139. The van der Waals surface area contributed by atoms with E-state index in [2.05, 4.69) is 15.9 Å². The molecular weight excluding hydrogens is 208 g/mol. The lowest BCUT2D eigenvalue weighted by molar-refractivity contribution is -0.147. The Labute approximate surface area is 75.4 Å². The minimum Gasteiger partial charge on any atom is -0.463 e. The van der Waals surface area contributed by atoms with Crippen LogP contribution in [0.1, 0.15) is 32.6 Å². The maximum Gasteiger partial charge on any atom is 0.302 e. The van der Waals surface area contributed by atoms with Crippen LogP contribution in [0.15, 0.2) is 0 Å². The van der Waals surface area contributed by atoms with Crippen LogP contribution in [0, 0.1) is 0 Å². The lowest BCUT2D eigenvalue weighted by atomic mass is 9.98. The fourth-order valence-corrected chi connectivity index (χ4v) is 1.90. The fraction of sp³-hybridized carbons (Fsp3) is 0.875. The van der Waals surface area contributed by atoms with Crippen molar-refractivity contribution in [3.8, 4) is 0 Å². The Morgan fingerprint density at radius 3 is 2.36 bits per heavy atom. The maximum absolute atomic E-state index is 10.6. The van der Waals surface area contributed by atoms with Crippen LogP contribution < -0.4 is 0 Å². The van der Waals surface area contributed by atoms with Crippen molar-refractivity contribution in [2.45, 2.75) is 43.5 Å². The van der Waals surface area contributed by atoms with E-state index in [4.69, 9.17) is 4.74 Å². The van der Waals surface area contributed by atoms with Gasteiger partial charge >= 0.3 is 5.97 Å². The Morgan fingerprint density at radius 2 is 1.91 bits per heavy atom. The first-order valence-corrected chi connectivity index (χ1v) is 4.91.